The van der Waals surface area contributed by atoms with Crippen LogP contribution in [0.2, 0.25) is 0 Å². The van der Waals surface area contributed by atoms with Crippen LogP contribution in [0.15, 0.2) is 48.2 Å². The number of carbonyl (C=O) groups excluding carboxylic acids is 2. The van der Waals surface area contributed by atoms with Crippen LogP contribution in [-0.4, -0.2) is 17.6 Å². The summed E-state index contributed by atoms with van der Waals surface area (Å²) in [7, 11) is 0. The molecule has 2 aromatic rings. The molecular formula is C19H14ClFO4. The molecule has 0 bridgehead atoms. The minimum Gasteiger partial charge on any atom is -0.452 e. The molecule has 128 valence electrons. The van der Waals surface area contributed by atoms with Gasteiger partial charge >= 0.3 is 5.97 Å². The number of alkyl halides is 1. The Hall–Kier alpha value is -2.66. The zero-order valence-corrected chi connectivity index (χ0v) is 13.9. The molecular weight excluding hydrogens is 347 g/mol. The van der Waals surface area contributed by atoms with Gasteiger partial charge in [-0.05, 0) is 42.3 Å². The quantitative estimate of drug-likeness (QED) is 0.344. The van der Waals surface area contributed by atoms with Crippen molar-refractivity contribution in [2.75, 3.05) is 5.88 Å². The second kappa shape index (κ2) is 7.49. The predicted molar refractivity (Wildman–Crippen MR) is 91.4 cm³/mol. The number of hydrogen-bond donors (Lipinski definition) is 0. The van der Waals surface area contributed by atoms with Gasteiger partial charge in [0.1, 0.15) is 17.3 Å². The summed E-state index contributed by atoms with van der Waals surface area (Å²) in [6, 6.07) is 10.3. The Morgan fingerprint density at radius 2 is 1.96 bits per heavy atom. The van der Waals surface area contributed by atoms with Crippen LogP contribution in [0, 0.1) is 5.82 Å². The van der Waals surface area contributed by atoms with Crippen LogP contribution < -0.4 is 9.47 Å². The molecule has 4 nitrogen and oxygen atoms in total. The fourth-order valence-corrected chi connectivity index (χ4v) is 2.47. The summed E-state index contributed by atoms with van der Waals surface area (Å²) in [6.07, 6.45) is 2.29. The SMILES string of the molecule is O=C(CCCCl)Oc1ccc2c(c1)OC(=Cc1ccc(F)cc1)C2=O. The Morgan fingerprint density at radius 3 is 2.68 bits per heavy atom. The van der Waals surface area contributed by atoms with Gasteiger partial charge in [-0.15, -0.1) is 11.6 Å². The number of benzene rings is 2. The number of ether oxygens (including phenoxy) is 2. The highest BCUT2D eigenvalue weighted by atomic mass is 35.5. The molecule has 0 unspecified atom stereocenters. The van der Waals surface area contributed by atoms with E-state index in [9.17, 15) is 14.0 Å². The fraction of sp³-hybridized carbons (Fsp3) is 0.158. The van der Waals surface area contributed by atoms with Gasteiger partial charge in [0.25, 0.3) is 0 Å². The number of esters is 1. The second-order valence-corrected chi connectivity index (χ2v) is 5.79. The maximum Gasteiger partial charge on any atom is 0.311 e. The third kappa shape index (κ3) is 4.06. The molecule has 0 aliphatic carbocycles. The molecule has 0 aromatic heterocycles. The van der Waals surface area contributed by atoms with E-state index in [1.807, 2.05) is 0 Å². The molecule has 6 heteroatoms. The molecule has 0 fully saturated rings. The Balaban J connectivity index is 1.77. The van der Waals surface area contributed by atoms with Crippen molar-refractivity contribution in [3.8, 4) is 11.5 Å². The van der Waals surface area contributed by atoms with E-state index in [4.69, 9.17) is 21.1 Å². The van der Waals surface area contributed by atoms with Gasteiger partial charge in [0.2, 0.25) is 5.78 Å². The van der Waals surface area contributed by atoms with Crippen LogP contribution in [0.5, 0.6) is 11.5 Å². The third-order valence-corrected chi connectivity index (χ3v) is 3.82. The second-order valence-electron chi connectivity index (χ2n) is 5.42. The maximum atomic E-state index is 13.0. The van der Waals surface area contributed by atoms with E-state index in [-0.39, 0.29) is 23.8 Å². The lowest BCUT2D eigenvalue weighted by Crippen LogP contribution is -2.07. The zero-order chi connectivity index (χ0) is 17.8. The van der Waals surface area contributed by atoms with Crippen LogP contribution in [0.1, 0.15) is 28.8 Å². The van der Waals surface area contributed by atoms with Gasteiger partial charge in [0, 0.05) is 18.4 Å². The molecule has 3 rings (SSSR count). The molecule has 0 amide bonds. The lowest BCUT2D eigenvalue weighted by Gasteiger charge is -2.05. The van der Waals surface area contributed by atoms with Crippen LogP contribution in [0.4, 0.5) is 4.39 Å². The van der Waals surface area contributed by atoms with Crippen molar-refractivity contribution >= 4 is 29.4 Å². The molecule has 0 N–H and O–H groups in total. The van der Waals surface area contributed by atoms with Crippen molar-refractivity contribution in [1.29, 1.82) is 0 Å². The fourth-order valence-electron chi connectivity index (χ4n) is 2.33. The van der Waals surface area contributed by atoms with Crippen LogP contribution in [0.25, 0.3) is 6.08 Å². The van der Waals surface area contributed by atoms with Crippen molar-refractivity contribution in [1.82, 2.24) is 0 Å². The van der Waals surface area contributed by atoms with Gasteiger partial charge in [0.05, 0.1) is 5.56 Å². The van der Waals surface area contributed by atoms with Crippen molar-refractivity contribution in [3.63, 3.8) is 0 Å². The average molecular weight is 361 g/mol. The van der Waals surface area contributed by atoms with Gasteiger partial charge in [-0.3, -0.25) is 9.59 Å². The molecule has 0 spiro atoms. The first kappa shape index (κ1) is 17.2. The summed E-state index contributed by atoms with van der Waals surface area (Å²) >= 11 is 5.54. The molecule has 0 saturated carbocycles. The molecule has 0 atom stereocenters. The molecule has 0 radical (unpaired) electrons. The van der Waals surface area contributed by atoms with E-state index in [1.54, 1.807) is 24.3 Å². The summed E-state index contributed by atoms with van der Waals surface area (Å²) in [5, 5.41) is 0. The third-order valence-electron chi connectivity index (χ3n) is 3.56. The maximum absolute atomic E-state index is 13.0. The first-order chi connectivity index (χ1) is 12.1. The number of halogens is 2. The van der Waals surface area contributed by atoms with E-state index in [1.165, 1.54) is 24.3 Å². The number of rotatable bonds is 5. The summed E-state index contributed by atoms with van der Waals surface area (Å²) < 4.78 is 23.7. The Labute approximate surface area is 148 Å². The van der Waals surface area contributed by atoms with Gasteiger partial charge in [0.15, 0.2) is 5.76 Å². The highest BCUT2D eigenvalue weighted by Gasteiger charge is 2.28. The lowest BCUT2D eigenvalue weighted by atomic mass is 10.1. The van der Waals surface area contributed by atoms with E-state index in [0.29, 0.717) is 34.9 Å². The number of allylic oxidation sites excluding steroid dienone is 1. The highest BCUT2D eigenvalue weighted by Crippen LogP contribution is 2.35. The number of Topliss-reactive ketones (excluding diaryl/α,β-unsaturated/α-hetero) is 1. The average Bonchev–Trinajstić information content (AvgIpc) is 2.90. The smallest absolute Gasteiger partial charge is 0.311 e. The van der Waals surface area contributed by atoms with Crippen molar-refractivity contribution in [2.24, 2.45) is 0 Å². The summed E-state index contributed by atoms with van der Waals surface area (Å²) in [5.41, 5.74) is 1.03. The predicted octanol–water partition coefficient (Wildman–Crippen LogP) is 4.37. The molecule has 2 aromatic carbocycles. The molecule has 1 aliphatic heterocycles. The standard InChI is InChI=1S/C19H14ClFO4/c20-9-1-2-18(22)24-14-7-8-15-16(11-14)25-17(19(15)23)10-12-3-5-13(21)6-4-12/h3-8,10-11H,1-2,9H2. The number of hydrogen-bond acceptors (Lipinski definition) is 4. The minimum atomic E-state index is -0.396. The summed E-state index contributed by atoms with van der Waals surface area (Å²) in [6.45, 7) is 0. The molecule has 1 aliphatic rings. The zero-order valence-electron chi connectivity index (χ0n) is 13.1. The summed E-state index contributed by atoms with van der Waals surface area (Å²) in [5.74, 6) is 0.104. The Bertz CT molecular complexity index is 843. The minimum absolute atomic E-state index is 0.132. The van der Waals surface area contributed by atoms with Gasteiger partial charge in [-0.25, -0.2) is 4.39 Å². The van der Waals surface area contributed by atoms with Crippen LogP contribution in [0.3, 0.4) is 0 Å². The van der Waals surface area contributed by atoms with Crippen molar-refractivity contribution in [3.05, 3.63) is 65.2 Å². The number of fused-ring (bicyclic) bond motifs is 1. The number of carbonyl (C=O) groups is 2. The van der Waals surface area contributed by atoms with E-state index in [0.717, 1.165) is 0 Å². The van der Waals surface area contributed by atoms with Gasteiger partial charge in [-0.1, -0.05) is 12.1 Å². The van der Waals surface area contributed by atoms with Gasteiger partial charge in [-0.2, -0.15) is 0 Å². The Kier molecular flexibility index (Phi) is 5.14. The normalized spacial score (nSPS) is 14.3. The van der Waals surface area contributed by atoms with E-state index in [2.05, 4.69) is 0 Å². The lowest BCUT2D eigenvalue weighted by molar-refractivity contribution is -0.134. The Morgan fingerprint density at radius 1 is 1.20 bits per heavy atom. The van der Waals surface area contributed by atoms with Crippen LogP contribution in [-0.2, 0) is 4.79 Å². The number of ketones is 1. The first-order valence-corrected chi connectivity index (χ1v) is 8.21. The largest absolute Gasteiger partial charge is 0.452 e. The van der Waals surface area contributed by atoms with Crippen molar-refractivity contribution < 1.29 is 23.5 Å². The van der Waals surface area contributed by atoms with Crippen molar-refractivity contribution in [2.45, 2.75) is 12.8 Å². The first-order valence-electron chi connectivity index (χ1n) is 7.67. The monoisotopic (exact) mass is 360 g/mol. The van der Waals surface area contributed by atoms with E-state index >= 15 is 0 Å². The summed E-state index contributed by atoms with van der Waals surface area (Å²) in [4.78, 5) is 24.0. The highest BCUT2D eigenvalue weighted by molar-refractivity contribution is 6.18. The van der Waals surface area contributed by atoms with Gasteiger partial charge < -0.3 is 9.47 Å². The molecule has 1 heterocycles. The molecule has 25 heavy (non-hydrogen) atoms. The van der Waals surface area contributed by atoms with E-state index < -0.39 is 5.97 Å². The van der Waals surface area contributed by atoms with Crippen LogP contribution >= 0.6 is 11.6 Å². The molecule has 0 saturated heterocycles. The topological polar surface area (TPSA) is 52.6 Å².